The summed E-state index contributed by atoms with van der Waals surface area (Å²) in [5.41, 5.74) is 6.59. The molecule has 19 heavy (non-hydrogen) atoms. The van der Waals surface area contributed by atoms with E-state index in [-0.39, 0.29) is 0 Å². The van der Waals surface area contributed by atoms with Crippen molar-refractivity contribution in [2.45, 2.75) is 13.3 Å². The van der Waals surface area contributed by atoms with Crippen molar-refractivity contribution in [2.24, 2.45) is 5.73 Å². The first-order valence-electron chi connectivity index (χ1n) is 6.38. The van der Waals surface area contributed by atoms with Crippen molar-refractivity contribution in [3.8, 4) is 17.4 Å². The molecule has 4 heteroatoms. The van der Waals surface area contributed by atoms with E-state index >= 15 is 0 Å². The molecule has 2 aromatic rings. The minimum absolute atomic E-state index is 0.570. The van der Waals surface area contributed by atoms with Crippen molar-refractivity contribution in [3.05, 3.63) is 48.2 Å². The summed E-state index contributed by atoms with van der Waals surface area (Å²) >= 11 is 0. The molecule has 0 bridgehead atoms. The Bertz CT molecular complexity index is 529. The average molecular weight is 258 g/mol. The number of pyridine rings is 1. The third-order valence-corrected chi connectivity index (χ3v) is 2.59. The van der Waals surface area contributed by atoms with Gasteiger partial charge in [0.2, 0.25) is 5.88 Å². The van der Waals surface area contributed by atoms with Gasteiger partial charge >= 0.3 is 0 Å². The molecule has 0 unspecified atom stereocenters. The summed E-state index contributed by atoms with van der Waals surface area (Å²) in [6, 6.07) is 11.4. The lowest BCUT2D eigenvalue weighted by Gasteiger charge is -2.10. The van der Waals surface area contributed by atoms with Gasteiger partial charge in [-0.1, -0.05) is 12.1 Å². The largest absolute Gasteiger partial charge is 0.494 e. The molecule has 0 aliphatic rings. The molecule has 0 aliphatic carbocycles. The second kappa shape index (κ2) is 6.75. The Morgan fingerprint density at radius 1 is 1.16 bits per heavy atom. The maximum atomic E-state index is 5.80. The van der Waals surface area contributed by atoms with Crippen LogP contribution in [0.3, 0.4) is 0 Å². The summed E-state index contributed by atoms with van der Waals surface area (Å²) in [7, 11) is 0. The van der Waals surface area contributed by atoms with Crippen LogP contribution in [0, 0.1) is 0 Å². The van der Waals surface area contributed by atoms with Crippen LogP contribution >= 0.6 is 0 Å². The van der Waals surface area contributed by atoms with E-state index in [0.717, 1.165) is 17.7 Å². The van der Waals surface area contributed by atoms with Crippen LogP contribution in [0.1, 0.15) is 12.5 Å². The summed E-state index contributed by atoms with van der Waals surface area (Å²) in [6.45, 7) is 3.15. The van der Waals surface area contributed by atoms with Crippen molar-refractivity contribution >= 4 is 0 Å². The number of ether oxygens (including phenoxy) is 2. The third-order valence-electron chi connectivity index (χ3n) is 2.59. The van der Waals surface area contributed by atoms with Crippen molar-refractivity contribution in [1.29, 1.82) is 0 Å². The minimum Gasteiger partial charge on any atom is -0.494 e. The van der Waals surface area contributed by atoms with Crippen LogP contribution in [-0.4, -0.2) is 18.1 Å². The van der Waals surface area contributed by atoms with E-state index < -0.39 is 0 Å². The van der Waals surface area contributed by atoms with Crippen LogP contribution < -0.4 is 15.2 Å². The highest BCUT2D eigenvalue weighted by Crippen LogP contribution is 2.26. The SMILES string of the molecule is CCOc1cccc(Oc2ncccc2CCN)c1. The van der Waals surface area contributed by atoms with E-state index in [1.54, 1.807) is 6.20 Å². The molecular weight excluding hydrogens is 240 g/mol. The normalized spacial score (nSPS) is 10.2. The van der Waals surface area contributed by atoms with Crippen LogP contribution in [0.2, 0.25) is 0 Å². The maximum Gasteiger partial charge on any atom is 0.222 e. The van der Waals surface area contributed by atoms with Gasteiger partial charge in [-0.3, -0.25) is 0 Å². The zero-order valence-corrected chi connectivity index (χ0v) is 11.0. The van der Waals surface area contributed by atoms with Crippen molar-refractivity contribution in [2.75, 3.05) is 13.2 Å². The Morgan fingerprint density at radius 2 is 2.00 bits per heavy atom. The topological polar surface area (TPSA) is 57.4 Å². The fraction of sp³-hybridized carbons (Fsp3) is 0.267. The molecule has 2 N–H and O–H groups in total. The Morgan fingerprint density at radius 3 is 2.79 bits per heavy atom. The van der Waals surface area contributed by atoms with Crippen molar-refractivity contribution in [3.63, 3.8) is 0 Å². The number of nitrogens with zero attached hydrogens (tertiary/aromatic N) is 1. The van der Waals surface area contributed by atoms with Crippen LogP contribution in [0.15, 0.2) is 42.6 Å². The fourth-order valence-corrected chi connectivity index (χ4v) is 1.77. The fourth-order valence-electron chi connectivity index (χ4n) is 1.77. The molecular formula is C15H18N2O2. The van der Waals surface area contributed by atoms with Gasteiger partial charge in [-0.05, 0) is 38.1 Å². The van der Waals surface area contributed by atoms with Gasteiger partial charge in [0, 0.05) is 17.8 Å². The van der Waals surface area contributed by atoms with Crippen LogP contribution in [0.5, 0.6) is 17.4 Å². The van der Waals surface area contributed by atoms with Gasteiger partial charge in [0.1, 0.15) is 11.5 Å². The molecule has 2 rings (SSSR count). The average Bonchev–Trinajstić information content (AvgIpc) is 2.42. The molecule has 4 nitrogen and oxygen atoms in total. The molecule has 100 valence electrons. The summed E-state index contributed by atoms with van der Waals surface area (Å²) in [5, 5.41) is 0. The van der Waals surface area contributed by atoms with E-state index in [4.69, 9.17) is 15.2 Å². The summed E-state index contributed by atoms with van der Waals surface area (Å²) < 4.78 is 11.2. The van der Waals surface area contributed by atoms with E-state index in [0.29, 0.717) is 24.8 Å². The van der Waals surface area contributed by atoms with Gasteiger partial charge in [0.05, 0.1) is 6.61 Å². The highest BCUT2D eigenvalue weighted by molar-refractivity contribution is 5.37. The van der Waals surface area contributed by atoms with Gasteiger partial charge in [0.25, 0.3) is 0 Å². The lowest BCUT2D eigenvalue weighted by atomic mass is 10.2. The lowest BCUT2D eigenvalue weighted by molar-refractivity contribution is 0.338. The first-order chi connectivity index (χ1) is 9.33. The van der Waals surface area contributed by atoms with E-state index in [1.165, 1.54) is 0 Å². The first-order valence-corrected chi connectivity index (χ1v) is 6.38. The molecule has 0 saturated carbocycles. The third kappa shape index (κ3) is 3.69. The van der Waals surface area contributed by atoms with Gasteiger partial charge in [-0.2, -0.15) is 0 Å². The van der Waals surface area contributed by atoms with Crippen molar-refractivity contribution < 1.29 is 9.47 Å². The molecule has 0 radical (unpaired) electrons. The molecule has 0 saturated heterocycles. The minimum atomic E-state index is 0.570. The van der Waals surface area contributed by atoms with Gasteiger partial charge in [0.15, 0.2) is 0 Å². The number of aromatic nitrogens is 1. The zero-order chi connectivity index (χ0) is 13.5. The number of nitrogens with two attached hydrogens (primary N) is 1. The molecule has 1 aromatic heterocycles. The Labute approximate surface area is 113 Å². The Balaban J connectivity index is 2.18. The number of benzene rings is 1. The van der Waals surface area contributed by atoms with E-state index in [2.05, 4.69) is 4.98 Å². The Kier molecular flexibility index (Phi) is 4.75. The number of hydrogen-bond donors (Lipinski definition) is 1. The van der Waals surface area contributed by atoms with Gasteiger partial charge in [-0.25, -0.2) is 4.98 Å². The van der Waals surface area contributed by atoms with E-state index in [9.17, 15) is 0 Å². The maximum absolute atomic E-state index is 5.80. The van der Waals surface area contributed by atoms with Gasteiger partial charge < -0.3 is 15.2 Å². The molecule has 0 fully saturated rings. The monoisotopic (exact) mass is 258 g/mol. The quantitative estimate of drug-likeness (QED) is 0.865. The zero-order valence-electron chi connectivity index (χ0n) is 11.0. The highest BCUT2D eigenvalue weighted by atomic mass is 16.5. The molecule has 0 aliphatic heterocycles. The second-order valence-electron chi connectivity index (χ2n) is 4.02. The summed E-state index contributed by atoms with van der Waals surface area (Å²) in [5.74, 6) is 2.10. The Hall–Kier alpha value is -2.07. The standard InChI is InChI=1S/C15H18N2O2/c1-2-18-13-6-3-7-14(11-13)19-15-12(8-9-16)5-4-10-17-15/h3-7,10-11H,2,8-9,16H2,1H3. The number of rotatable bonds is 6. The first kappa shape index (κ1) is 13.4. The number of hydrogen-bond acceptors (Lipinski definition) is 4. The predicted octanol–water partition coefficient (Wildman–Crippen LogP) is 2.77. The van der Waals surface area contributed by atoms with Crippen LogP contribution in [-0.2, 0) is 6.42 Å². The van der Waals surface area contributed by atoms with Crippen LogP contribution in [0.25, 0.3) is 0 Å². The van der Waals surface area contributed by atoms with Gasteiger partial charge in [-0.15, -0.1) is 0 Å². The molecule has 0 spiro atoms. The molecule has 0 atom stereocenters. The molecule has 1 aromatic carbocycles. The molecule has 0 amide bonds. The lowest BCUT2D eigenvalue weighted by Crippen LogP contribution is -2.04. The smallest absolute Gasteiger partial charge is 0.222 e. The van der Waals surface area contributed by atoms with E-state index in [1.807, 2.05) is 43.3 Å². The second-order valence-corrected chi connectivity index (χ2v) is 4.02. The highest BCUT2D eigenvalue weighted by Gasteiger charge is 2.06. The predicted molar refractivity (Wildman–Crippen MR) is 74.7 cm³/mol. The summed E-state index contributed by atoms with van der Waals surface area (Å²) in [4.78, 5) is 4.25. The van der Waals surface area contributed by atoms with Crippen molar-refractivity contribution in [1.82, 2.24) is 4.98 Å². The van der Waals surface area contributed by atoms with Crippen LogP contribution in [0.4, 0.5) is 0 Å². The molecule has 1 heterocycles. The summed E-state index contributed by atoms with van der Waals surface area (Å²) in [6.07, 6.45) is 2.45.